The maximum atomic E-state index is 13.4. The van der Waals surface area contributed by atoms with Crippen molar-refractivity contribution in [2.45, 2.75) is 37.8 Å². The first kappa shape index (κ1) is 23.5. The van der Waals surface area contributed by atoms with E-state index in [0.717, 1.165) is 16.7 Å². The number of amides is 1. The summed E-state index contributed by atoms with van der Waals surface area (Å²) in [7, 11) is -3.88. The molecular formula is C26H26N2O5S. The molecule has 176 valence electrons. The zero-order valence-electron chi connectivity index (χ0n) is 19.0. The highest BCUT2D eigenvalue weighted by molar-refractivity contribution is 7.92. The lowest BCUT2D eigenvalue weighted by Gasteiger charge is -2.24. The van der Waals surface area contributed by atoms with Crippen molar-refractivity contribution in [3.8, 4) is 0 Å². The first-order chi connectivity index (χ1) is 16.3. The Morgan fingerprint density at radius 2 is 1.76 bits per heavy atom. The highest BCUT2D eigenvalue weighted by Gasteiger charge is 2.36. The Kier molecular flexibility index (Phi) is 6.70. The molecule has 0 aliphatic carbocycles. The van der Waals surface area contributed by atoms with Gasteiger partial charge in [-0.1, -0.05) is 54.1 Å². The number of fused-ring (bicyclic) bond motifs is 1. The van der Waals surface area contributed by atoms with E-state index in [2.05, 4.69) is 5.32 Å². The number of hydrogen-bond donors (Lipinski definition) is 1. The van der Waals surface area contributed by atoms with E-state index in [1.54, 1.807) is 12.1 Å². The fourth-order valence-electron chi connectivity index (χ4n) is 3.97. The average molecular weight is 479 g/mol. The number of sulfonamides is 1. The number of carbonyl (C=O) groups is 2. The van der Waals surface area contributed by atoms with Gasteiger partial charge in [-0.3, -0.25) is 9.10 Å². The van der Waals surface area contributed by atoms with Crippen LogP contribution in [0.4, 0.5) is 5.69 Å². The van der Waals surface area contributed by atoms with E-state index in [4.69, 9.17) is 4.74 Å². The van der Waals surface area contributed by atoms with Crippen molar-refractivity contribution in [1.29, 1.82) is 0 Å². The molecule has 34 heavy (non-hydrogen) atoms. The average Bonchev–Trinajstić information content (AvgIpc) is 3.18. The van der Waals surface area contributed by atoms with Crippen molar-refractivity contribution in [2.75, 3.05) is 10.9 Å². The monoisotopic (exact) mass is 478 g/mol. The quantitative estimate of drug-likeness (QED) is 0.524. The lowest BCUT2D eigenvalue weighted by Crippen LogP contribution is -2.35. The fourth-order valence-corrected chi connectivity index (χ4v) is 5.71. The summed E-state index contributed by atoms with van der Waals surface area (Å²) in [5, 5.41) is 2.69. The number of nitrogens with one attached hydrogen (secondary N) is 1. The largest absolute Gasteiger partial charge is 0.452 e. The number of benzene rings is 3. The Bertz CT molecular complexity index is 1320. The van der Waals surface area contributed by atoms with Gasteiger partial charge in [-0.2, -0.15) is 0 Å². The van der Waals surface area contributed by atoms with Crippen molar-refractivity contribution in [2.24, 2.45) is 0 Å². The molecule has 1 aliphatic heterocycles. The number of esters is 1. The Morgan fingerprint density at radius 3 is 2.53 bits per heavy atom. The first-order valence-corrected chi connectivity index (χ1v) is 12.4. The molecule has 0 unspecified atom stereocenters. The highest BCUT2D eigenvalue weighted by Crippen LogP contribution is 2.36. The molecule has 0 radical (unpaired) electrons. The lowest BCUT2D eigenvalue weighted by molar-refractivity contribution is -0.124. The van der Waals surface area contributed by atoms with Gasteiger partial charge in [0, 0.05) is 12.6 Å². The number of anilines is 1. The van der Waals surface area contributed by atoms with Crippen LogP contribution in [0.1, 0.15) is 34.0 Å². The number of rotatable bonds is 7. The Balaban J connectivity index is 1.41. The molecule has 0 saturated heterocycles. The molecule has 0 spiro atoms. The minimum atomic E-state index is -3.88. The van der Waals surface area contributed by atoms with Crippen molar-refractivity contribution in [1.82, 2.24) is 5.32 Å². The first-order valence-electron chi connectivity index (χ1n) is 11.0. The molecule has 3 aromatic carbocycles. The van der Waals surface area contributed by atoms with Gasteiger partial charge in [-0.05, 0) is 55.7 Å². The van der Waals surface area contributed by atoms with Gasteiger partial charge in [0.15, 0.2) is 6.61 Å². The third-order valence-electron chi connectivity index (χ3n) is 5.72. The topological polar surface area (TPSA) is 92.8 Å². The van der Waals surface area contributed by atoms with Gasteiger partial charge >= 0.3 is 5.97 Å². The van der Waals surface area contributed by atoms with Gasteiger partial charge in [0.2, 0.25) is 0 Å². The van der Waals surface area contributed by atoms with E-state index in [1.807, 2.05) is 50.2 Å². The summed E-state index contributed by atoms with van der Waals surface area (Å²) in [6.07, 6.45) is 0.620. The summed E-state index contributed by atoms with van der Waals surface area (Å²) < 4.78 is 33.3. The molecule has 4 rings (SSSR count). The van der Waals surface area contributed by atoms with E-state index < -0.39 is 28.5 Å². The summed E-state index contributed by atoms with van der Waals surface area (Å²) in [5.74, 6) is -1.21. The molecule has 1 aliphatic rings. The van der Waals surface area contributed by atoms with Crippen LogP contribution >= 0.6 is 0 Å². The van der Waals surface area contributed by atoms with Crippen molar-refractivity contribution < 1.29 is 22.7 Å². The second kappa shape index (κ2) is 9.69. The summed E-state index contributed by atoms with van der Waals surface area (Å²) in [4.78, 5) is 24.6. The zero-order chi connectivity index (χ0) is 24.3. The molecule has 1 N–H and O–H groups in total. The van der Waals surface area contributed by atoms with Crippen LogP contribution in [-0.4, -0.2) is 32.9 Å². The number of hydrogen-bond acceptors (Lipinski definition) is 5. The Morgan fingerprint density at radius 1 is 1.03 bits per heavy atom. The van der Waals surface area contributed by atoms with Crippen molar-refractivity contribution in [3.05, 3.63) is 95.1 Å². The van der Waals surface area contributed by atoms with Crippen LogP contribution in [0.5, 0.6) is 0 Å². The highest BCUT2D eigenvalue weighted by atomic mass is 32.2. The van der Waals surface area contributed by atoms with Crippen LogP contribution in [0, 0.1) is 6.92 Å². The summed E-state index contributed by atoms with van der Waals surface area (Å²) in [5.41, 5.74) is 3.73. The maximum absolute atomic E-state index is 13.4. The van der Waals surface area contributed by atoms with Gasteiger partial charge < -0.3 is 10.1 Å². The minimum Gasteiger partial charge on any atom is -0.452 e. The number of para-hydroxylation sites is 1. The number of carbonyl (C=O) groups excluding carboxylic acids is 2. The maximum Gasteiger partial charge on any atom is 0.338 e. The SMILES string of the molecule is Cc1ccc(CNC(=O)COC(=O)c2cccc(S(=O)(=O)N3c4ccccc4C[C@@H]3C)c2)cc1. The molecular weight excluding hydrogens is 452 g/mol. The van der Waals surface area contributed by atoms with Crippen LogP contribution < -0.4 is 9.62 Å². The van der Waals surface area contributed by atoms with E-state index in [-0.39, 0.29) is 16.5 Å². The predicted octanol–water partition coefficient (Wildman–Crippen LogP) is 3.61. The molecule has 8 heteroatoms. The van der Waals surface area contributed by atoms with Gasteiger partial charge in [0.05, 0.1) is 16.1 Å². The zero-order valence-corrected chi connectivity index (χ0v) is 19.8. The normalized spacial score (nSPS) is 15.0. The lowest BCUT2D eigenvalue weighted by atomic mass is 10.1. The standard InChI is InChI=1S/C26H26N2O5S/c1-18-10-12-20(13-11-18)16-27-25(29)17-33-26(30)22-7-5-8-23(15-22)34(31,32)28-19(2)14-21-6-3-4-9-24(21)28/h3-13,15,19H,14,16-17H2,1-2H3,(H,27,29)/t19-/m0/s1. The van der Waals surface area contributed by atoms with Gasteiger partial charge in [-0.25, -0.2) is 13.2 Å². The third-order valence-corrected chi connectivity index (χ3v) is 7.64. The molecule has 1 heterocycles. The molecule has 3 aromatic rings. The Labute approximate surface area is 199 Å². The minimum absolute atomic E-state index is 0.00525. The number of aryl methyl sites for hydroxylation is 1. The van der Waals surface area contributed by atoms with Crippen LogP contribution in [0.2, 0.25) is 0 Å². The number of ether oxygens (including phenoxy) is 1. The molecule has 0 saturated carbocycles. The van der Waals surface area contributed by atoms with E-state index >= 15 is 0 Å². The summed E-state index contributed by atoms with van der Waals surface area (Å²) in [6, 6.07) is 20.6. The van der Waals surface area contributed by atoms with Crippen molar-refractivity contribution in [3.63, 3.8) is 0 Å². The third kappa shape index (κ3) is 4.97. The van der Waals surface area contributed by atoms with Crippen LogP contribution in [0.15, 0.2) is 77.7 Å². The summed E-state index contributed by atoms with van der Waals surface area (Å²) in [6.45, 7) is 3.69. The van der Waals surface area contributed by atoms with Crippen LogP contribution in [0.25, 0.3) is 0 Å². The molecule has 0 bridgehead atoms. The number of nitrogens with zero attached hydrogens (tertiary/aromatic N) is 1. The van der Waals surface area contributed by atoms with Gasteiger partial charge in [0.25, 0.3) is 15.9 Å². The van der Waals surface area contributed by atoms with E-state index in [0.29, 0.717) is 18.7 Å². The van der Waals surface area contributed by atoms with Gasteiger partial charge in [-0.15, -0.1) is 0 Å². The second-order valence-corrected chi connectivity index (χ2v) is 10.2. The Hall–Kier alpha value is -3.65. The molecule has 0 aromatic heterocycles. The molecule has 7 nitrogen and oxygen atoms in total. The van der Waals surface area contributed by atoms with Gasteiger partial charge in [0.1, 0.15) is 0 Å². The predicted molar refractivity (Wildman–Crippen MR) is 129 cm³/mol. The van der Waals surface area contributed by atoms with Crippen molar-refractivity contribution >= 4 is 27.6 Å². The smallest absolute Gasteiger partial charge is 0.338 e. The van der Waals surface area contributed by atoms with Crippen LogP contribution in [0.3, 0.4) is 0 Å². The summed E-state index contributed by atoms with van der Waals surface area (Å²) >= 11 is 0. The fraction of sp³-hybridized carbons (Fsp3) is 0.231. The second-order valence-electron chi connectivity index (χ2n) is 8.35. The van der Waals surface area contributed by atoms with Crippen LogP contribution in [-0.2, 0) is 32.5 Å². The van der Waals surface area contributed by atoms with E-state index in [9.17, 15) is 18.0 Å². The molecule has 0 fully saturated rings. The van der Waals surface area contributed by atoms with E-state index in [1.165, 1.54) is 28.6 Å². The molecule has 1 amide bonds. The molecule has 1 atom stereocenters.